The number of Topliss-reactive ketones (excluding diaryl/α,β-unsaturated/α-hetero) is 1. The molecule has 2 N–H and O–H groups in total. The number of ketones is 1. The fourth-order valence-corrected chi connectivity index (χ4v) is 1.40. The summed E-state index contributed by atoms with van der Waals surface area (Å²) in [6.45, 7) is 0.435. The van der Waals surface area contributed by atoms with E-state index in [9.17, 15) is 4.79 Å². The SMILES string of the molecule is NCCC(=O)Cc1nccs1. The normalized spacial score (nSPS) is 9.91. The Labute approximate surface area is 69.3 Å². The minimum atomic E-state index is 0.169. The molecule has 4 heteroatoms. The molecule has 0 aromatic carbocycles. The van der Waals surface area contributed by atoms with Crippen molar-refractivity contribution in [1.82, 2.24) is 4.98 Å². The molecule has 11 heavy (non-hydrogen) atoms. The average molecular weight is 170 g/mol. The summed E-state index contributed by atoms with van der Waals surface area (Å²) < 4.78 is 0. The Morgan fingerprint density at radius 3 is 3.09 bits per heavy atom. The van der Waals surface area contributed by atoms with Crippen LogP contribution in [-0.4, -0.2) is 17.3 Å². The number of nitrogens with zero attached hydrogens (tertiary/aromatic N) is 1. The van der Waals surface area contributed by atoms with Crippen LogP contribution in [0.2, 0.25) is 0 Å². The van der Waals surface area contributed by atoms with Crippen molar-refractivity contribution in [2.24, 2.45) is 5.73 Å². The molecule has 0 aliphatic heterocycles. The summed E-state index contributed by atoms with van der Waals surface area (Å²) in [5.74, 6) is 0.169. The van der Waals surface area contributed by atoms with Gasteiger partial charge in [-0.1, -0.05) is 0 Å². The largest absolute Gasteiger partial charge is 0.330 e. The second-order valence-electron chi connectivity index (χ2n) is 2.18. The van der Waals surface area contributed by atoms with Gasteiger partial charge < -0.3 is 5.73 Å². The van der Waals surface area contributed by atoms with Crippen LogP contribution in [0.15, 0.2) is 11.6 Å². The van der Waals surface area contributed by atoms with Gasteiger partial charge in [0, 0.05) is 18.0 Å². The predicted octanol–water partition coefficient (Wildman–Crippen LogP) is 0.603. The first-order valence-corrected chi connectivity index (χ1v) is 4.31. The lowest BCUT2D eigenvalue weighted by Gasteiger charge is -1.92. The molecule has 0 amide bonds. The molecule has 60 valence electrons. The van der Waals surface area contributed by atoms with Crippen molar-refractivity contribution in [2.45, 2.75) is 12.8 Å². The molecule has 0 bridgehead atoms. The first kappa shape index (κ1) is 8.36. The van der Waals surface area contributed by atoms with Crippen molar-refractivity contribution < 1.29 is 4.79 Å². The van der Waals surface area contributed by atoms with E-state index in [0.717, 1.165) is 5.01 Å². The maximum Gasteiger partial charge on any atom is 0.140 e. The monoisotopic (exact) mass is 170 g/mol. The van der Waals surface area contributed by atoms with E-state index in [-0.39, 0.29) is 5.78 Å². The molecule has 0 aliphatic carbocycles. The fourth-order valence-electron chi connectivity index (χ4n) is 0.758. The zero-order valence-electron chi connectivity index (χ0n) is 6.12. The Morgan fingerprint density at radius 1 is 1.73 bits per heavy atom. The van der Waals surface area contributed by atoms with E-state index in [1.165, 1.54) is 11.3 Å². The standard InChI is InChI=1S/C7H10N2OS/c8-2-1-6(10)5-7-9-3-4-11-7/h3-4H,1-2,5,8H2. The molecule has 0 unspecified atom stereocenters. The smallest absolute Gasteiger partial charge is 0.140 e. The highest BCUT2D eigenvalue weighted by atomic mass is 32.1. The maximum atomic E-state index is 11.0. The molecule has 1 heterocycles. The van der Waals surface area contributed by atoms with Crippen LogP contribution in [0.4, 0.5) is 0 Å². The van der Waals surface area contributed by atoms with Crippen molar-refractivity contribution >= 4 is 17.1 Å². The average Bonchev–Trinajstić information content (AvgIpc) is 2.40. The van der Waals surface area contributed by atoms with E-state index in [0.29, 0.717) is 19.4 Å². The molecule has 0 spiro atoms. The lowest BCUT2D eigenvalue weighted by atomic mass is 10.2. The molecule has 1 aromatic heterocycles. The number of carbonyl (C=O) groups excluding carboxylic acids is 1. The van der Waals surface area contributed by atoms with Gasteiger partial charge in [-0.25, -0.2) is 4.98 Å². The third-order valence-electron chi connectivity index (χ3n) is 1.26. The minimum Gasteiger partial charge on any atom is -0.330 e. The first-order chi connectivity index (χ1) is 5.33. The summed E-state index contributed by atoms with van der Waals surface area (Å²) in [5.41, 5.74) is 5.22. The van der Waals surface area contributed by atoms with Crippen LogP contribution in [0.1, 0.15) is 11.4 Å². The first-order valence-electron chi connectivity index (χ1n) is 3.43. The molecule has 0 atom stereocenters. The number of hydrogen-bond donors (Lipinski definition) is 1. The van der Waals surface area contributed by atoms with Crippen LogP contribution in [0.3, 0.4) is 0 Å². The summed E-state index contributed by atoms with van der Waals surface area (Å²) in [5, 5.41) is 2.74. The zero-order valence-corrected chi connectivity index (χ0v) is 6.93. The Hall–Kier alpha value is -0.740. The third kappa shape index (κ3) is 2.78. The molecule has 0 saturated heterocycles. The number of thiazole rings is 1. The summed E-state index contributed by atoms with van der Waals surface area (Å²) in [7, 11) is 0. The van der Waals surface area contributed by atoms with Gasteiger partial charge in [0.05, 0.1) is 11.4 Å². The summed E-state index contributed by atoms with van der Waals surface area (Å²) in [6.07, 6.45) is 2.60. The van der Waals surface area contributed by atoms with Crippen molar-refractivity contribution in [1.29, 1.82) is 0 Å². The van der Waals surface area contributed by atoms with Gasteiger partial charge in [-0.3, -0.25) is 4.79 Å². The van der Waals surface area contributed by atoms with Crippen LogP contribution < -0.4 is 5.73 Å². The van der Waals surface area contributed by atoms with Crippen LogP contribution in [0.5, 0.6) is 0 Å². The van der Waals surface area contributed by atoms with Crippen molar-refractivity contribution in [3.05, 3.63) is 16.6 Å². The fraction of sp³-hybridized carbons (Fsp3) is 0.429. The Balaban J connectivity index is 2.37. The van der Waals surface area contributed by atoms with Crippen molar-refractivity contribution in [3.63, 3.8) is 0 Å². The summed E-state index contributed by atoms with van der Waals surface area (Å²) in [4.78, 5) is 15.0. The van der Waals surface area contributed by atoms with E-state index in [1.807, 2.05) is 5.38 Å². The van der Waals surface area contributed by atoms with Crippen molar-refractivity contribution in [2.75, 3.05) is 6.54 Å². The van der Waals surface area contributed by atoms with Gasteiger partial charge in [0.2, 0.25) is 0 Å². The van der Waals surface area contributed by atoms with Crippen LogP contribution in [0, 0.1) is 0 Å². The predicted molar refractivity (Wildman–Crippen MR) is 44.5 cm³/mol. The van der Waals surface area contributed by atoms with Gasteiger partial charge in [0.1, 0.15) is 5.78 Å². The second-order valence-corrected chi connectivity index (χ2v) is 3.16. The maximum absolute atomic E-state index is 11.0. The van der Waals surface area contributed by atoms with E-state index < -0.39 is 0 Å². The number of hydrogen-bond acceptors (Lipinski definition) is 4. The molecule has 0 aliphatic rings. The quantitative estimate of drug-likeness (QED) is 0.720. The number of rotatable bonds is 4. The summed E-state index contributed by atoms with van der Waals surface area (Å²) >= 11 is 1.50. The second kappa shape index (κ2) is 4.20. The number of nitrogens with two attached hydrogens (primary N) is 1. The Morgan fingerprint density at radius 2 is 2.55 bits per heavy atom. The van der Waals surface area contributed by atoms with Gasteiger partial charge in [-0.05, 0) is 6.54 Å². The lowest BCUT2D eigenvalue weighted by molar-refractivity contribution is -0.118. The molecular formula is C7H10N2OS. The van der Waals surface area contributed by atoms with Gasteiger partial charge in [0.15, 0.2) is 0 Å². The van der Waals surface area contributed by atoms with E-state index in [1.54, 1.807) is 6.20 Å². The van der Waals surface area contributed by atoms with Gasteiger partial charge >= 0.3 is 0 Å². The van der Waals surface area contributed by atoms with Crippen molar-refractivity contribution in [3.8, 4) is 0 Å². The molecule has 0 radical (unpaired) electrons. The van der Waals surface area contributed by atoms with Crippen LogP contribution in [0.25, 0.3) is 0 Å². The van der Waals surface area contributed by atoms with Crippen LogP contribution in [-0.2, 0) is 11.2 Å². The lowest BCUT2D eigenvalue weighted by Crippen LogP contribution is -2.09. The number of aromatic nitrogens is 1. The highest BCUT2D eigenvalue weighted by molar-refractivity contribution is 7.09. The minimum absolute atomic E-state index is 0.169. The van der Waals surface area contributed by atoms with Crippen LogP contribution >= 0.6 is 11.3 Å². The van der Waals surface area contributed by atoms with E-state index in [2.05, 4.69) is 4.98 Å². The van der Waals surface area contributed by atoms with Gasteiger partial charge in [-0.2, -0.15) is 0 Å². The van der Waals surface area contributed by atoms with Gasteiger partial charge in [-0.15, -0.1) is 11.3 Å². The molecule has 1 rings (SSSR count). The Bertz CT molecular complexity index is 220. The molecule has 0 fully saturated rings. The number of carbonyl (C=O) groups is 1. The molecule has 0 saturated carbocycles. The summed E-state index contributed by atoms with van der Waals surface area (Å²) in [6, 6.07) is 0. The molecule has 1 aromatic rings. The zero-order chi connectivity index (χ0) is 8.10. The van der Waals surface area contributed by atoms with E-state index in [4.69, 9.17) is 5.73 Å². The third-order valence-corrected chi connectivity index (χ3v) is 2.03. The highest BCUT2D eigenvalue weighted by Crippen LogP contribution is 2.05. The van der Waals surface area contributed by atoms with Gasteiger partial charge in [0.25, 0.3) is 0 Å². The molecule has 3 nitrogen and oxygen atoms in total. The van der Waals surface area contributed by atoms with E-state index >= 15 is 0 Å². The Kier molecular flexibility index (Phi) is 3.19. The molecular weight excluding hydrogens is 160 g/mol. The topological polar surface area (TPSA) is 56.0 Å². The highest BCUT2D eigenvalue weighted by Gasteiger charge is 2.03.